The van der Waals surface area contributed by atoms with E-state index in [0.29, 0.717) is 34.3 Å². The number of carbonyl (C=O) groups is 1. The first-order valence-corrected chi connectivity index (χ1v) is 8.95. The Morgan fingerprint density at radius 1 is 1.03 bits per heavy atom. The number of methoxy groups -OCH3 is 3. The van der Waals surface area contributed by atoms with Crippen molar-refractivity contribution in [2.75, 3.05) is 21.3 Å². The van der Waals surface area contributed by atoms with E-state index in [9.17, 15) is 14.9 Å². The number of hydrazone groups is 1. The molecular formula is C21H19N3O7. The lowest BCUT2D eigenvalue weighted by Crippen LogP contribution is -2.18. The van der Waals surface area contributed by atoms with Crippen molar-refractivity contribution in [3.8, 4) is 28.6 Å². The molecule has 2 aromatic carbocycles. The molecule has 31 heavy (non-hydrogen) atoms. The number of rotatable bonds is 8. The first-order chi connectivity index (χ1) is 15.0. The molecule has 1 N–H and O–H groups in total. The highest BCUT2D eigenvalue weighted by Gasteiger charge is 2.16. The molecule has 0 aliphatic carbocycles. The minimum absolute atomic E-state index is 0.0920. The summed E-state index contributed by atoms with van der Waals surface area (Å²) in [4.78, 5) is 22.8. The molecule has 1 heterocycles. The number of furan rings is 1. The lowest BCUT2D eigenvalue weighted by atomic mass is 10.1. The van der Waals surface area contributed by atoms with Crippen LogP contribution in [0.1, 0.15) is 16.1 Å². The third kappa shape index (κ3) is 4.81. The van der Waals surface area contributed by atoms with Gasteiger partial charge in [-0.05, 0) is 30.3 Å². The Labute approximate surface area is 177 Å². The maximum Gasteiger partial charge on any atom is 0.275 e. The van der Waals surface area contributed by atoms with Crippen molar-refractivity contribution in [3.63, 3.8) is 0 Å². The van der Waals surface area contributed by atoms with E-state index < -0.39 is 10.8 Å². The summed E-state index contributed by atoms with van der Waals surface area (Å²) in [6.45, 7) is 0. The van der Waals surface area contributed by atoms with Crippen LogP contribution in [0.25, 0.3) is 11.3 Å². The van der Waals surface area contributed by atoms with E-state index in [-0.39, 0.29) is 11.3 Å². The number of hydrogen-bond donors (Lipinski definition) is 1. The van der Waals surface area contributed by atoms with E-state index >= 15 is 0 Å². The van der Waals surface area contributed by atoms with Gasteiger partial charge in [0.25, 0.3) is 11.6 Å². The Bertz CT molecular complexity index is 1140. The molecular weight excluding hydrogens is 406 g/mol. The number of nitrogens with one attached hydrogen (secondary N) is 1. The van der Waals surface area contributed by atoms with Gasteiger partial charge in [-0.25, -0.2) is 5.43 Å². The van der Waals surface area contributed by atoms with E-state index in [0.717, 1.165) is 0 Å². The van der Waals surface area contributed by atoms with Crippen LogP contribution >= 0.6 is 0 Å². The summed E-state index contributed by atoms with van der Waals surface area (Å²) >= 11 is 0. The lowest BCUT2D eigenvalue weighted by molar-refractivity contribution is -0.384. The summed E-state index contributed by atoms with van der Waals surface area (Å²) in [6.07, 6.45) is 1.33. The van der Waals surface area contributed by atoms with Crippen LogP contribution in [-0.4, -0.2) is 38.4 Å². The van der Waals surface area contributed by atoms with Crippen LogP contribution in [0.15, 0.2) is 58.0 Å². The molecule has 0 aliphatic heterocycles. The van der Waals surface area contributed by atoms with Crippen molar-refractivity contribution < 1.29 is 28.3 Å². The Morgan fingerprint density at radius 3 is 2.48 bits per heavy atom. The molecule has 0 unspecified atom stereocenters. The molecule has 0 aliphatic rings. The Morgan fingerprint density at radius 2 is 1.81 bits per heavy atom. The normalized spacial score (nSPS) is 10.7. The summed E-state index contributed by atoms with van der Waals surface area (Å²) in [5, 5.41) is 14.8. The maximum absolute atomic E-state index is 12.4. The quantitative estimate of drug-likeness (QED) is 0.332. The maximum atomic E-state index is 12.4. The summed E-state index contributed by atoms with van der Waals surface area (Å²) in [5.74, 6) is 1.51. The second-order valence-electron chi connectivity index (χ2n) is 6.11. The summed E-state index contributed by atoms with van der Waals surface area (Å²) < 4.78 is 21.2. The Balaban J connectivity index is 1.73. The zero-order chi connectivity index (χ0) is 22.4. The largest absolute Gasteiger partial charge is 0.497 e. The first kappa shape index (κ1) is 21.4. The molecule has 1 aromatic heterocycles. The molecule has 160 valence electrons. The average molecular weight is 425 g/mol. The summed E-state index contributed by atoms with van der Waals surface area (Å²) in [5.41, 5.74) is 3.14. The topological polar surface area (TPSA) is 125 Å². The number of carbonyl (C=O) groups excluding carboxylic acids is 1. The second-order valence-corrected chi connectivity index (χ2v) is 6.11. The highest BCUT2D eigenvalue weighted by Crippen LogP contribution is 2.34. The monoisotopic (exact) mass is 425 g/mol. The van der Waals surface area contributed by atoms with Crippen LogP contribution in [0.2, 0.25) is 0 Å². The second kappa shape index (κ2) is 9.44. The lowest BCUT2D eigenvalue weighted by Gasteiger charge is -2.08. The van der Waals surface area contributed by atoms with Gasteiger partial charge in [-0.3, -0.25) is 14.9 Å². The Hall–Kier alpha value is -4.34. The molecule has 0 bridgehead atoms. The van der Waals surface area contributed by atoms with Crippen LogP contribution in [0, 0.1) is 10.1 Å². The fourth-order valence-electron chi connectivity index (χ4n) is 2.76. The minimum Gasteiger partial charge on any atom is -0.497 e. The van der Waals surface area contributed by atoms with E-state index in [4.69, 9.17) is 18.6 Å². The van der Waals surface area contributed by atoms with E-state index in [2.05, 4.69) is 10.5 Å². The van der Waals surface area contributed by atoms with Gasteiger partial charge in [0.1, 0.15) is 28.8 Å². The zero-order valence-corrected chi connectivity index (χ0v) is 16.9. The fraction of sp³-hybridized carbons (Fsp3) is 0.143. The van der Waals surface area contributed by atoms with Crippen molar-refractivity contribution in [1.29, 1.82) is 0 Å². The first-order valence-electron chi connectivity index (χ1n) is 8.95. The molecule has 0 radical (unpaired) electrons. The number of benzene rings is 2. The van der Waals surface area contributed by atoms with Crippen molar-refractivity contribution in [1.82, 2.24) is 5.43 Å². The third-order valence-corrected chi connectivity index (χ3v) is 4.30. The van der Waals surface area contributed by atoms with Crippen LogP contribution in [0.3, 0.4) is 0 Å². The van der Waals surface area contributed by atoms with Gasteiger partial charge >= 0.3 is 0 Å². The van der Waals surface area contributed by atoms with Crippen molar-refractivity contribution in [2.24, 2.45) is 5.10 Å². The molecule has 10 heteroatoms. The zero-order valence-electron chi connectivity index (χ0n) is 16.9. The van der Waals surface area contributed by atoms with Crippen LogP contribution in [0.4, 0.5) is 5.69 Å². The molecule has 0 saturated heterocycles. The predicted octanol–water partition coefficient (Wildman–Crippen LogP) is 3.64. The number of nitro groups is 1. The molecule has 0 atom stereocenters. The highest BCUT2D eigenvalue weighted by molar-refractivity contribution is 5.97. The average Bonchev–Trinajstić information content (AvgIpc) is 3.26. The molecule has 0 fully saturated rings. The van der Waals surface area contributed by atoms with E-state index in [1.165, 1.54) is 45.7 Å². The third-order valence-electron chi connectivity index (χ3n) is 4.30. The summed E-state index contributed by atoms with van der Waals surface area (Å²) in [7, 11) is 4.38. The number of ether oxygens (including phenoxy) is 3. The van der Waals surface area contributed by atoms with Gasteiger partial charge in [-0.1, -0.05) is 0 Å². The van der Waals surface area contributed by atoms with Gasteiger partial charge in [0.05, 0.1) is 49.7 Å². The van der Waals surface area contributed by atoms with Gasteiger partial charge in [-0.2, -0.15) is 5.10 Å². The van der Waals surface area contributed by atoms with Gasteiger partial charge in [0, 0.05) is 12.1 Å². The molecule has 3 aromatic rings. The van der Waals surface area contributed by atoms with Gasteiger partial charge in [0.15, 0.2) is 0 Å². The molecule has 3 rings (SSSR count). The smallest absolute Gasteiger partial charge is 0.275 e. The van der Waals surface area contributed by atoms with Crippen LogP contribution in [-0.2, 0) is 0 Å². The number of nitro benzene ring substituents is 1. The standard InChI is InChI=1S/C21H19N3O7/c1-28-14-5-8-17(20(11-14)30-3)21(25)23-22-12-15-6-9-18(31-15)16-7-4-13(24(26)27)10-19(16)29-2/h4-12H,1-3H3,(H,23,25). The van der Waals surface area contributed by atoms with Gasteiger partial charge in [0.2, 0.25) is 0 Å². The number of nitrogens with zero attached hydrogens (tertiary/aromatic N) is 2. The van der Waals surface area contributed by atoms with Gasteiger partial charge < -0.3 is 18.6 Å². The van der Waals surface area contributed by atoms with E-state index in [1.807, 2.05) is 0 Å². The number of non-ortho nitro benzene ring substituents is 1. The molecule has 10 nitrogen and oxygen atoms in total. The van der Waals surface area contributed by atoms with Crippen molar-refractivity contribution in [3.05, 3.63) is 70.0 Å². The molecule has 1 amide bonds. The van der Waals surface area contributed by atoms with Gasteiger partial charge in [-0.15, -0.1) is 0 Å². The Kier molecular flexibility index (Phi) is 6.51. The SMILES string of the molecule is COc1ccc(C(=O)NN=Cc2ccc(-c3ccc([N+](=O)[O-])cc3OC)o2)c(OC)c1. The highest BCUT2D eigenvalue weighted by atomic mass is 16.6. The van der Waals surface area contributed by atoms with E-state index in [1.54, 1.807) is 30.3 Å². The summed E-state index contributed by atoms with van der Waals surface area (Å²) in [6, 6.07) is 12.3. The van der Waals surface area contributed by atoms with Crippen molar-refractivity contribution >= 4 is 17.8 Å². The predicted molar refractivity (Wildman–Crippen MR) is 112 cm³/mol. The molecule has 0 saturated carbocycles. The van der Waals surface area contributed by atoms with Crippen molar-refractivity contribution in [2.45, 2.75) is 0 Å². The minimum atomic E-state index is -0.507. The van der Waals surface area contributed by atoms with Crippen LogP contribution in [0.5, 0.6) is 17.2 Å². The number of hydrogen-bond acceptors (Lipinski definition) is 8. The number of amides is 1. The van der Waals surface area contributed by atoms with Crippen LogP contribution < -0.4 is 19.6 Å². The molecule has 0 spiro atoms. The fourth-order valence-corrected chi connectivity index (χ4v) is 2.76.